The summed E-state index contributed by atoms with van der Waals surface area (Å²) in [6.07, 6.45) is 0.668. The molecule has 0 bridgehead atoms. The maximum absolute atomic E-state index is 12.9. The van der Waals surface area contributed by atoms with Crippen LogP contribution in [0.25, 0.3) is 0 Å². The van der Waals surface area contributed by atoms with Crippen molar-refractivity contribution in [1.29, 1.82) is 0 Å². The van der Waals surface area contributed by atoms with Gasteiger partial charge in [0.25, 0.3) is 0 Å². The molecule has 1 aromatic rings. The second-order valence-corrected chi connectivity index (χ2v) is 7.89. The Kier molecular flexibility index (Phi) is 5.79. The number of nitrogens with zero attached hydrogens (tertiary/aromatic N) is 2. The Balaban J connectivity index is 1.83. The number of piperazine rings is 1. The Bertz CT molecular complexity index is 513. The zero-order chi connectivity index (χ0) is 17.0. The van der Waals surface area contributed by atoms with Crippen molar-refractivity contribution in [1.82, 2.24) is 9.80 Å². The van der Waals surface area contributed by atoms with Crippen molar-refractivity contribution in [3.8, 4) is 0 Å². The Morgan fingerprint density at radius 2 is 1.70 bits per heavy atom. The van der Waals surface area contributed by atoms with Crippen LogP contribution in [0.3, 0.4) is 0 Å². The standard InChI is InChI=1S/C19H29FN2O/c1-15(13-16-5-7-17(20)8-6-16)18(23)22-11-9-21(10-12-22)14-19(2,3)4/h5-8,15H,9-14H2,1-4H3. The van der Waals surface area contributed by atoms with Crippen LogP contribution in [0.2, 0.25) is 0 Å². The first-order chi connectivity index (χ1) is 10.7. The molecule has 128 valence electrons. The average Bonchev–Trinajstić information content (AvgIpc) is 2.48. The minimum Gasteiger partial charge on any atom is -0.340 e. The second kappa shape index (κ2) is 7.43. The third kappa shape index (κ3) is 5.61. The summed E-state index contributed by atoms with van der Waals surface area (Å²) in [5.74, 6) is -0.0814. The fourth-order valence-electron chi connectivity index (χ4n) is 3.17. The van der Waals surface area contributed by atoms with Gasteiger partial charge < -0.3 is 4.90 Å². The van der Waals surface area contributed by atoms with E-state index in [4.69, 9.17) is 0 Å². The molecule has 1 saturated heterocycles. The first-order valence-corrected chi connectivity index (χ1v) is 8.50. The van der Waals surface area contributed by atoms with Crippen LogP contribution in [-0.2, 0) is 11.2 Å². The molecule has 1 fully saturated rings. The molecule has 1 unspecified atom stereocenters. The Hall–Kier alpha value is -1.42. The van der Waals surface area contributed by atoms with Crippen LogP contribution in [0, 0.1) is 17.2 Å². The summed E-state index contributed by atoms with van der Waals surface area (Å²) < 4.78 is 12.9. The summed E-state index contributed by atoms with van der Waals surface area (Å²) >= 11 is 0. The van der Waals surface area contributed by atoms with E-state index in [0.717, 1.165) is 38.3 Å². The van der Waals surface area contributed by atoms with Crippen molar-refractivity contribution in [3.63, 3.8) is 0 Å². The van der Waals surface area contributed by atoms with E-state index in [1.54, 1.807) is 12.1 Å². The smallest absolute Gasteiger partial charge is 0.225 e. The summed E-state index contributed by atoms with van der Waals surface area (Å²) in [7, 11) is 0. The third-order valence-corrected chi connectivity index (χ3v) is 4.26. The zero-order valence-corrected chi connectivity index (χ0v) is 14.8. The second-order valence-electron chi connectivity index (χ2n) is 7.89. The maximum atomic E-state index is 12.9. The van der Waals surface area contributed by atoms with E-state index in [0.29, 0.717) is 11.8 Å². The van der Waals surface area contributed by atoms with E-state index in [1.807, 2.05) is 11.8 Å². The minimum atomic E-state index is -0.234. The highest BCUT2D eigenvalue weighted by Gasteiger charge is 2.26. The van der Waals surface area contributed by atoms with E-state index in [9.17, 15) is 9.18 Å². The first-order valence-electron chi connectivity index (χ1n) is 8.50. The van der Waals surface area contributed by atoms with Crippen molar-refractivity contribution in [2.45, 2.75) is 34.1 Å². The molecule has 0 aromatic heterocycles. The molecule has 0 N–H and O–H groups in total. The van der Waals surface area contributed by atoms with E-state index >= 15 is 0 Å². The molecular formula is C19H29FN2O. The topological polar surface area (TPSA) is 23.6 Å². The van der Waals surface area contributed by atoms with Crippen molar-refractivity contribution in [2.75, 3.05) is 32.7 Å². The van der Waals surface area contributed by atoms with Crippen LogP contribution >= 0.6 is 0 Å². The SMILES string of the molecule is CC(Cc1ccc(F)cc1)C(=O)N1CCN(CC(C)(C)C)CC1. The Morgan fingerprint density at radius 1 is 1.13 bits per heavy atom. The molecule has 1 atom stereocenters. The van der Waals surface area contributed by atoms with Gasteiger partial charge in [0, 0.05) is 38.6 Å². The van der Waals surface area contributed by atoms with Crippen LogP contribution in [-0.4, -0.2) is 48.4 Å². The van der Waals surface area contributed by atoms with E-state index < -0.39 is 0 Å². The van der Waals surface area contributed by atoms with Crippen molar-refractivity contribution in [2.24, 2.45) is 11.3 Å². The molecule has 3 nitrogen and oxygen atoms in total. The quantitative estimate of drug-likeness (QED) is 0.850. The summed E-state index contributed by atoms with van der Waals surface area (Å²) in [4.78, 5) is 17.0. The summed E-state index contributed by atoms with van der Waals surface area (Å²) in [5, 5.41) is 0. The van der Waals surface area contributed by atoms with E-state index in [1.165, 1.54) is 12.1 Å². The Labute approximate surface area is 139 Å². The van der Waals surface area contributed by atoms with E-state index in [-0.39, 0.29) is 17.6 Å². The normalized spacial score (nSPS) is 18.0. The van der Waals surface area contributed by atoms with Gasteiger partial charge in [-0.2, -0.15) is 0 Å². The number of hydrogen-bond acceptors (Lipinski definition) is 2. The molecule has 1 aliphatic heterocycles. The van der Waals surface area contributed by atoms with Gasteiger partial charge in [-0.15, -0.1) is 0 Å². The summed E-state index contributed by atoms with van der Waals surface area (Å²) in [6, 6.07) is 6.44. The maximum Gasteiger partial charge on any atom is 0.225 e. The molecule has 0 radical (unpaired) electrons. The third-order valence-electron chi connectivity index (χ3n) is 4.26. The van der Waals surface area contributed by atoms with Gasteiger partial charge in [-0.1, -0.05) is 39.8 Å². The van der Waals surface area contributed by atoms with Gasteiger partial charge in [0.15, 0.2) is 0 Å². The number of benzene rings is 1. The fraction of sp³-hybridized carbons (Fsp3) is 0.632. The fourth-order valence-corrected chi connectivity index (χ4v) is 3.17. The lowest BCUT2D eigenvalue weighted by Crippen LogP contribution is -2.51. The van der Waals surface area contributed by atoms with Gasteiger partial charge in [-0.25, -0.2) is 4.39 Å². The Morgan fingerprint density at radius 3 is 2.22 bits per heavy atom. The number of carbonyl (C=O) groups excluding carboxylic acids is 1. The predicted octanol–water partition coefficient (Wildman–Crippen LogP) is 3.19. The van der Waals surface area contributed by atoms with Crippen molar-refractivity contribution < 1.29 is 9.18 Å². The highest BCUT2D eigenvalue weighted by atomic mass is 19.1. The van der Waals surface area contributed by atoms with Crippen LogP contribution in [0.5, 0.6) is 0 Å². The lowest BCUT2D eigenvalue weighted by molar-refractivity contribution is -0.136. The minimum absolute atomic E-state index is 0.0605. The van der Waals surface area contributed by atoms with Crippen molar-refractivity contribution in [3.05, 3.63) is 35.6 Å². The molecule has 2 rings (SSSR count). The molecule has 0 spiro atoms. The number of halogens is 1. The summed E-state index contributed by atoms with van der Waals surface area (Å²) in [6.45, 7) is 13.3. The van der Waals surface area contributed by atoms with Crippen LogP contribution < -0.4 is 0 Å². The monoisotopic (exact) mass is 320 g/mol. The van der Waals surface area contributed by atoms with E-state index in [2.05, 4.69) is 25.7 Å². The molecule has 0 aliphatic carbocycles. The number of hydrogen-bond donors (Lipinski definition) is 0. The molecular weight excluding hydrogens is 291 g/mol. The van der Waals surface area contributed by atoms with Gasteiger partial charge in [-0.3, -0.25) is 9.69 Å². The molecule has 1 heterocycles. The lowest BCUT2D eigenvalue weighted by atomic mass is 9.95. The predicted molar refractivity (Wildman–Crippen MR) is 91.7 cm³/mol. The van der Waals surface area contributed by atoms with Gasteiger partial charge in [0.05, 0.1) is 0 Å². The average molecular weight is 320 g/mol. The molecule has 1 aromatic carbocycles. The number of rotatable bonds is 4. The van der Waals surface area contributed by atoms with Crippen LogP contribution in [0.4, 0.5) is 4.39 Å². The number of carbonyl (C=O) groups is 1. The molecule has 4 heteroatoms. The number of amides is 1. The highest BCUT2D eigenvalue weighted by Crippen LogP contribution is 2.18. The lowest BCUT2D eigenvalue weighted by Gasteiger charge is -2.38. The van der Waals surface area contributed by atoms with Gasteiger partial charge in [0.1, 0.15) is 5.82 Å². The summed E-state index contributed by atoms with van der Waals surface area (Å²) in [5.41, 5.74) is 1.31. The van der Waals surface area contributed by atoms with Crippen LogP contribution in [0.1, 0.15) is 33.3 Å². The van der Waals surface area contributed by atoms with Gasteiger partial charge in [0.2, 0.25) is 5.91 Å². The van der Waals surface area contributed by atoms with Gasteiger partial charge >= 0.3 is 0 Å². The molecule has 1 aliphatic rings. The highest BCUT2D eigenvalue weighted by molar-refractivity contribution is 5.79. The molecule has 23 heavy (non-hydrogen) atoms. The molecule has 1 amide bonds. The van der Waals surface area contributed by atoms with Gasteiger partial charge in [-0.05, 0) is 29.5 Å². The first kappa shape index (κ1) is 17.9. The molecule has 0 saturated carbocycles. The largest absolute Gasteiger partial charge is 0.340 e. The van der Waals surface area contributed by atoms with Crippen LogP contribution in [0.15, 0.2) is 24.3 Å². The zero-order valence-electron chi connectivity index (χ0n) is 14.8. The van der Waals surface area contributed by atoms with Crippen molar-refractivity contribution >= 4 is 5.91 Å².